The maximum Gasteiger partial charge on any atom is 0.417 e. The summed E-state index contributed by atoms with van der Waals surface area (Å²) in [5.74, 6) is 0.320. The maximum atomic E-state index is 12.9. The van der Waals surface area contributed by atoms with Gasteiger partial charge in [0.25, 0.3) is 5.91 Å². The number of nitrogens with two attached hydrogens (primary N) is 1. The molecule has 7 nitrogen and oxygen atoms in total. The minimum Gasteiger partial charge on any atom is -0.443 e. The molecule has 7 heteroatoms. The normalized spacial score (nSPS) is 16.8. The van der Waals surface area contributed by atoms with Crippen molar-refractivity contribution in [3.05, 3.63) is 29.6 Å². The molecule has 0 saturated carbocycles. The number of nitrogens with zero attached hydrogens (tertiary/aromatic N) is 3. The predicted octanol–water partition coefficient (Wildman–Crippen LogP) is 2.42. The first kappa shape index (κ1) is 22.1. The van der Waals surface area contributed by atoms with Crippen LogP contribution in [-0.4, -0.2) is 51.9 Å². The molecule has 2 N–H and O–H groups in total. The number of allylic oxidation sites excluding steroid dienone is 2. The fourth-order valence-electron chi connectivity index (χ4n) is 3.21. The summed E-state index contributed by atoms with van der Waals surface area (Å²) in [6.07, 6.45) is 8.19. The van der Waals surface area contributed by atoms with E-state index in [9.17, 15) is 9.59 Å². The summed E-state index contributed by atoms with van der Waals surface area (Å²) in [6, 6.07) is 1.70. The molecule has 0 spiro atoms. The van der Waals surface area contributed by atoms with E-state index in [0.29, 0.717) is 6.54 Å². The average molecular weight is 392 g/mol. The highest BCUT2D eigenvalue weighted by atomic mass is 16.6. The number of carbonyl (C=O) groups excluding carboxylic acids is 2. The summed E-state index contributed by atoms with van der Waals surface area (Å²) < 4.78 is 7.08. The largest absolute Gasteiger partial charge is 0.443 e. The van der Waals surface area contributed by atoms with Crippen molar-refractivity contribution in [2.75, 3.05) is 19.6 Å². The number of amides is 2. The first-order valence-electron chi connectivity index (χ1n) is 10.2. The maximum absolute atomic E-state index is 12.9. The standard InChI is InChI=1S/C21H34N4O3/c1-16-14-18(23-24(16)5)19(26)25(20(27)28-21(2,3)4)13-9-12-22-15-17-10-7-6-8-11-17/h6-7,14,17,22H,8-13,15H2,1-5H3/p+1/t17-/m1/s1. The van der Waals surface area contributed by atoms with Crippen LogP contribution in [-0.2, 0) is 11.8 Å². The van der Waals surface area contributed by atoms with Crippen LogP contribution in [0.2, 0.25) is 0 Å². The van der Waals surface area contributed by atoms with E-state index in [1.54, 1.807) is 38.6 Å². The number of aromatic nitrogens is 2. The zero-order valence-corrected chi connectivity index (χ0v) is 17.9. The quantitative estimate of drug-likeness (QED) is 0.572. The highest BCUT2D eigenvalue weighted by Crippen LogP contribution is 2.16. The van der Waals surface area contributed by atoms with Gasteiger partial charge in [-0.05, 0) is 53.0 Å². The molecule has 0 radical (unpaired) electrons. The molecule has 1 aliphatic rings. The molecule has 1 heterocycles. The molecule has 156 valence electrons. The smallest absolute Gasteiger partial charge is 0.417 e. The topological polar surface area (TPSA) is 81.0 Å². The summed E-state index contributed by atoms with van der Waals surface area (Å²) in [5.41, 5.74) is 0.474. The van der Waals surface area contributed by atoms with Gasteiger partial charge in [0.15, 0.2) is 5.69 Å². The molecular formula is C21H35N4O3+. The number of rotatable bonds is 7. The molecule has 2 rings (SSSR count). The van der Waals surface area contributed by atoms with Crippen molar-refractivity contribution in [1.29, 1.82) is 0 Å². The average Bonchev–Trinajstić information content (AvgIpc) is 2.96. The Labute approximate surface area is 168 Å². The second kappa shape index (κ2) is 9.87. The third-order valence-corrected chi connectivity index (χ3v) is 4.86. The van der Waals surface area contributed by atoms with Crippen molar-refractivity contribution in [3.63, 3.8) is 0 Å². The molecule has 0 unspecified atom stereocenters. The van der Waals surface area contributed by atoms with Gasteiger partial charge in [0.05, 0.1) is 13.1 Å². The Morgan fingerprint density at radius 3 is 2.68 bits per heavy atom. The molecule has 0 bridgehead atoms. The lowest BCUT2D eigenvalue weighted by atomic mass is 9.94. The number of hydrogen-bond donors (Lipinski definition) is 1. The van der Waals surface area contributed by atoms with Crippen LogP contribution in [0.4, 0.5) is 4.79 Å². The molecule has 28 heavy (non-hydrogen) atoms. The van der Waals surface area contributed by atoms with Crippen LogP contribution < -0.4 is 5.32 Å². The number of imide groups is 1. The molecule has 1 atom stereocenters. The molecule has 0 saturated heterocycles. The van der Waals surface area contributed by atoms with Crippen LogP contribution >= 0.6 is 0 Å². The van der Waals surface area contributed by atoms with Crippen LogP contribution in [0, 0.1) is 12.8 Å². The van der Waals surface area contributed by atoms with Crippen molar-refractivity contribution in [2.24, 2.45) is 13.0 Å². The van der Waals surface area contributed by atoms with E-state index in [2.05, 4.69) is 22.6 Å². The first-order chi connectivity index (χ1) is 13.2. The van der Waals surface area contributed by atoms with Gasteiger partial charge in [0, 0.05) is 31.6 Å². The molecule has 2 amide bonds. The van der Waals surface area contributed by atoms with Crippen LogP contribution in [0.5, 0.6) is 0 Å². The lowest BCUT2D eigenvalue weighted by Crippen LogP contribution is -2.85. The monoisotopic (exact) mass is 391 g/mol. The van der Waals surface area contributed by atoms with Gasteiger partial charge in [-0.2, -0.15) is 5.10 Å². The minimum absolute atomic E-state index is 0.267. The minimum atomic E-state index is -0.656. The summed E-state index contributed by atoms with van der Waals surface area (Å²) in [6.45, 7) is 9.54. The van der Waals surface area contributed by atoms with E-state index in [0.717, 1.165) is 37.5 Å². The summed E-state index contributed by atoms with van der Waals surface area (Å²) >= 11 is 0. The van der Waals surface area contributed by atoms with Gasteiger partial charge >= 0.3 is 6.09 Å². The van der Waals surface area contributed by atoms with E-state index >= 15 is 0 Å². The number of aryl methyl sites for hydroxylation is 2. The fourth-order valence-corrected chi connectivity index (χ4v) is 3.21. The Balaban J connectivity index is 1.92. The Kier molecular flexibility index (Phi) is 7.80. The Morgan fingerprint density at radius 2 is 2.11 bits per heavy atom. The van der Waals surface area contributed by atoms with Gasteiger partial charge in [0.1, 0.15) is 5.60 Å². The zero-order chi connectivity index (χ0) is 20.7. The van der Waals surface area contributed by atoms with Crippen LogP contribution in [0.1, 0.15) is 62.6 Å². The summed E-state index contributed by atoms with van der Waals surface area (Å²) in [5, 5.41) is 6.50. The van der Waals surface area contributed by atoms with Crippen molar-refractivity contribution in [1.82, 2.24) is 14.7 Å². The van der Waals surface area contributed by atoms with Crippen LogP contribution in [0.3, 0.4) is 0 Å². The number of quaternary nitrogens is 1. The molecular weight excluding hydrogens is 356 g/mol. The first-order valence-corrected chi connectivity index (χ1v) is 10.2. The number of carbonyl (C=O) groups is 2. The molecule has 1 aromatic heterocycles. The summed E-state index contributed by atoms with van der Waals surface area (Å²) in [7, 11) is 1.78. The van der Waals surface area contributed by atoms with E-state index in [1.807, 2.05) is 6.92 Å². The zero-order valence-electron chi connectivity index (χ0n) is 17.9. The molecule has 0 fully saturated rings. The van der Waals surface area contributed by atoms with Crippen molar-refractivity contribution < 1.29 is 19.6 Å². The van der Waals surface area contributed by atoms with Crippen LogP contribution in [0.25, 0.3) is 0 Å². The van der Waals surface area contributed by atoms with Gasteiger partial charge < -0.3 is 10.1 Å². The highest BCUT2D eigenvalue weighted by Gasteiger charge is 2.29. The second-order valence-electron chi connectivity index (χ2n) is 8.55. The lowest BCUT2D eigenvalue weighted by molar-refractivity contribution is -0.660. The van der Waals surface area contributed by atoms with E-state index in [-0.39, 0.29) is 5.69 Å². The SMILES string of the molecule is Cc1cc(C(=O)N(CCC[NH2+]C[C@@H]2CC=CCC2)C(=O)OC(C)(C)C)nn1C. The van der Waals surface area contributed by atoms with Crippen LogP contribution in [0.15, 0.2) is 18.2 Å². The van der Waals surface area contributed by atoms with Crippen molar-refractivity contribution in [3.8, 4) is 0 Å². The van der Waals surface area contributed by atoms with E-state index in [1.165, 1.54) is 17.7 Å². The molecule has 0 aromatic carbocycles. The van der Waals surface area contributed by atoms with E-state index in [4.69, 9.17) is 4.74 Å². The third kappa shape index (κ3) is 6.78. The molecule has 1 aromatic rings. The highest BCUT2D eigenvalue weighted by molar-refractivity contribution is 6.01. The third-order valence-electron chi connectivity index (χ3n) is 4.86. The van der Waals surface area contributed by atoms with Gasteiger partial charge in [-0.1, -0.05) is 12.2 Å². The van der Waals surface area contributed by atoms with E-state index < -0.39 is 17.6 Å². The Bertz CT molecular complexity index is 683. The number of hydrogen-bond acceptors (Lipinski definition) is 4. The van der Waals surface area contributed by atoms with Gasteiger partial charge in [0.2, 0.25) is 0 Å². The van der Waals surface area contributed by atoms with Crippen molar-refractivity contribution >= 4 is 12.0 Å². The Morgan fingerprint density at radius 1 is 1.36 bits per heavy atom. The van der Waals surface area contributed by atoms with Crippen molar-refractivity contribution in [2.45, 2.75) is 59.0 Å². The molecule has 0 aliphatic heterocycles. The Hall–Kier alpha value is -2.15. The lowest BCUT2D eigenvalue weighted by Gasteiger charge is -2.25. The second-order valence-corrected chi connectivity index (χ2v) is 8.55. The summed E-state index contributed by atoms with van der Waals surface area (Å²) in [4.78, 5) is 26.7. The van der Waals surface area contributed by atoms with Gasteiger partial charge in [-0.3, -0.25) is 9.48 Å². The predicted molar refractivity (Wildman–Crippen MR) is 108 cm³/mol. The number of ether oxygens (including phenoxy) is 1. The van der Waals surface area contributed by atoms with Gasteiger partial charge in [-0.15, -0.1) is 0 Å². The fraction of sp³-hybridized carbons (Fsp3) is 0.667. The molecule has 1 aliphatic carbocycles. The van der Waals surface area contributed by atoms with Gasteiger partial charge in [-0.25, -0.2) is 9.69 Å².